The van der Waals surface area contributed by atoms with Gasteiger partial charge in [0, 0.05) is 31.2 Å². The monoisotopic (exact) mass is 499 g/mol. The second kappa shape index (κ2) is 11.4. The van der Waals surface area contributed by atoms with Gasteiger partial charge >= 0.3 is 6.03 Å². The smallest absolute Gasteiger partial charge is 0.320 e. The summed E-state index contributed by atoms with van der Waals surface area (Å²) < 4.78 is 33.9. The van der Waals surface area contributed by atoms with Gasteiger partial charge in [0.1, 0.15) is 5.75 Å². The van der Waals surface area contributed by atoms with Crippen molar-refractivity contribution >= 4 is 16.1 Å². The predicted molar refractivity (Wildman–Crippen MR) is 139 cm³/mol. The lowest BCUT2D eigenvalue weighted by Crippen LogP contribution is -2.51. The molecule has 7 nitrogen and oxygen atoms in total. The molecule has 0 spiro atoms. The summed E-state index contributed by atoms with van der Waals surface area (Å²) in [4.78, 5) is 17.4. The third kappa shape index (κ3) is 6.16. The number of rotatable bonds is 4. The molecular formula is C27H37N3O4S. The zero-order valence-electron chi connectivity index (χ0n) is 20.8. The molecule has 0 saturated carbocycles. The third-order valence-corrected chi connectivity index (χ3v) is 8.48. The lowest BCUT2D eigenvalue weighted by molar-refractivity contribution is 0.146. The number of hydrogen-bond donors (Lipinski definition) is 1. The predicted octanol–water partition coefficient (Wildman–Crippen LogP) is 4.28. The van der Waals surface area contributed by atoms with Crippen LogP contribution in [0.25, 0.3) is 11.1 Å². The number of benzene rings is 2. The van der Waals surface area contributed by atoms with Gasteiger partial charge in [-0.3, -0.25) is 0 Å². The summed E-state index contributed by atoms with van der Waals surface area (Å²) in [5.74, 6) is 0.899. The topological polar surface area (TPSA) is 79.0 Å². The maximum Gasteiger partial charge on any atom is 0.320 e. The van der Waals surface area contributed by atoms with Crippen molar-refractivity contribution in [2.75, 3.05) is 32.0 Å². The molecule has 2 aromatic rings. The summed E-state index contributed by atoms with van der Waals surface area (Å²) in [5.41, 5.74) is 3.17. The quantitative estimate of drug-likeness (QED) is 0.681. The molecule has 2 atom stereocenters. The molecule has 2 bridgehead atoms. The second-order valence-corrected chi connectivity index (χ2v) is 11.4. The van der Waals surface area contributed by atoms with Crippen molar-refractivity contribution in [1.29, 1.82) is 0 Å². The van der Waals surface area contributed by atoms with Gasteiger partial charge in [-0.1, -0.05) is 42.5 Å². The van der Waals surface area contributed by atoms with Gasteiger partial charge in [0.25, 0.3) is 0 Å². The van der Waals surface area contributed by atoms with Gasteiger partial charge in [-0.15, -0.1) is 0 Å². The molecule has 2 amide bonds. The van der Waals surface area contributed by atoms with Crippen LogP contribution in [0.1, 0.15) is 45.1 Å². The maximum absolute atomic E-state index is 13.6. The Morgan fingerprint density at radius 3 is 2.66 bits per heavy atom. The highest BCUT2D eigenvalue weighted by Gasteiger charge is 2.40. The van der Waals surface area contributed by atoms with Crippen LogP contribution in [0.2, 0.25) is 0 Å². The van der Waals surface area contributed by atoms with Crippen LogP contribution in [-0.4, -0.2) is 68.3 Å². The van der Waals surface area contributed by atoms with Gasteiger partial charge in [0.15, 0.2) is 0 Å². The molecule has 35 heavy (non-hydrogen) atoms. The number of para-hydroxylation sites is 1. The van der Waals surface area contributed by atoms with Gasteiger partial charge in [-0.2, -0.15) is 0 Å². The molecule has 2 aliphatic rings. The van der Waals surface area contributed by atoms with Gasteiger partial charge in [0.2, 0.25) is 10.0 Å². The first-order valence-electron chi connectivity index (χ1n) is 12.8. The number of ether oxygens (including phenoxy) is 1. The highest BCUT2D eigenvalue weighted by molar-refractivity contribution is 7.89. The molecule has 1 N–H and O–H groups in total. The third-order valence-electron chi connectivity index (χ3n) is 7.05. The van der Waals surface area contributed by atoms with E-state index in [2.05, 4.69) is 29.0 Å². The fourth-order valence-corrected chi connectivity index (χ4v) is 5.97. The number of sulfonamides is 1. The fraction of sp³-hybridized carbons (Fsp3) is 0.519. The Hall–Kier alpha value is -2.58. The summed E-state index contributed by atoms with van der Waals surface area (Å²) in [6.45, 7) is 6.16. The Morgan fingerprint density at radius 2 is 1.86 bits per heavy atom. The number of carbonyl (C=O) groups excluding carboxylic acids is 1. The summed E-state index contributed by atoms with van der Waals surface area (Å²) >= 11 is 0. The van der Waals surface area contributed by atoms with Gasteiger partial charge < -0.3 is 14.5 Å². The Bertz CT molecular complexity index is 1120. The average molecular weight is 500 g/mol. The van der Waals surface area contributed by atoms with Crippen LogP contribution in [-0.2, 0) is 16.4 Å². The summed E-state index contributed by atoms with van der Waals surface area (Å²) in [6, 6.07) is 15.8. The van der Waals surface area contributed by atoms with E-state index in [1.165, 1.54) is 0 Å². The molecule has 2 aromatic carbocycles. The zero-order chi connectivity index (χ0) is 24.8. The first kappa shape index (κ1) is 25.5. The van der Waals surface area contributed by atoms with Crippen molar-refractivity contribution in [3.05, 3.63) is 54.1 Å². The standard InChI is InChI=1S/C27H37N3O4S/c1-3-29-16-8-5-9-18-34-26-14-7-6-13-23(26)22-12-10-11-21(19-22)20-25-24(28-35(32,33)4-2)15-17-30(25)27(29)31/h6-7,10-14,19,24-25,28H,3-5,8-9,15-18,20H2,1-2H3. The van der Waals surface area contributed by atoms with E-state index in [1.54, 1.807) is 6.92 Å². The number of urea groups is 1. The largest absolute Gasteiger partial charge is 0.493 e. The summed E-state index contributed by atoms with van der Waals surface area (Å²) in [7, 11) is -3.39. The second-order valence-electron chi connectivity index (χ2n) is 9.35. The van der Waals surface area contributed by atoms with E-state index in [4.69, 9.17) is 4.74 Å². The van der Waals surface area contributed by atoms with Crippen LogP contribution in [0.4, 0.5) is 4.79 Å². The normalized spacial score (nSPS) is 21.8. The average Bonchev–Trinajstić information content (AvgIpc) is 3.24. The van der Waals surface area contributed by atoms with Gasteiger partial charge in [-0.25, -0.2) is 17.9 Å². The number of amides is 2. The van der Waals surface area contributed by atoms with E-state index in [0.717, 1.165) is 41.7 Å². The van der Waals surface area contributed by atoms with Crippen LogP contribution in [0.15, 0.2) is 48.5 Å². The Labute approximate surface area is 209 Å². The van der Waals surface area contributed by atoms with E-state index >= 15 is 0 Å². The van der Waals surface area contributed by atoms with Gasteiger partial charge in [0.05, 0.1) is 18.4 Å². The SMILES string of the molecule is CCN1CCCCCOc2ccccc2-c2cccc(c2)CC2C(NS(=O)(=O)CC)CCN2C1=O. The minimum absolute atomic E-state index is 0.000501. The highest BCUT2D eigenvalue weighted by Crippen LogP contribution is 2.32. The van der Waals surface area contributed by atoms with Crippen molar-refractivity contribution < 1.29 is 17.9 Å². The van der Waals surface area contributed by atoms with Crippen molar-refractivity contribution in [2.24, 2.45) is 0 Å². The van der Waals surface area contributed by atoms with E-state index in [1.807, 2.05) is 41.0 Å². The van der Waals surface area contributed by atoms with Crippen molar-refractivity contribution in [1.82, 2.24) is 14.5 Å². The molecule has 0 aromatic heterocycles. The van der Waals surface area contributed by atoms with Crippen LogP contribution in [0, 0.1) is 0 Å². The molecular weight excluding hydrogens is 462 g/mol. The van der Waals surface area contributed by atoms with Crippen LogP contribution in [0.5, 0.6) is 5.75 Å². The summed E-state index contributed by atoms with van der Waals surface area (Å²) in [5, 5.41) is 0. The minimum Gasteiger partial charge on any atom is -0.493 e. The Kier molecular flexibility index (Phi) is 8.34. The molecule has 1 saturated heterocycles. The van der Waals surface area contributed by atoms with E-state index in [0.29, 0.717) is 39.1 Å². The number of fused-ring (bicyclic) bond motifs is 5. The van der Waals surface area contributed by atoms with E-state index in [9.17, 15) is 13.2 Å². The Morgan fingerprint density at radius 1 is 1.03 bits per heavy atom. The molecule has 2 aliphatic heterocycles. The molecule has 2 unspecified atom stereocenters. The maximum atomic E-state index is 13.6. The van der Waals surface area contributed by atoms with Gasteiger partial charge in [-0.05, 0) is 63.1 Å². The molecule has 2 heterocycles. The highest BCUT2D eigenvalue weighted by atomic mass is 32.2. The molecule has 1 fully saturated rings. The van der Waals surface area contributed by atoms with Crippen LogP contribution in [0.3, 0.4) is 0 Å². The van der Waals surface area contributed by atoms with Crippen molar-refractivity contribution in [3.63, 3.8) is 0 Å². The number of hydrogen-bond acceptors (Lipinski definition) is 4. The molecule has 190 valence electrons. The molecule has 0 aliphatic carbocycles. The lowest BCUT2D eigenvalue weighted by Gasteiger charge is -2.33. The van der Waals surface area contributed by atoms with E-state index < -0.39 is 10.0 Å². The van der Waals surface area contributed by atoms with Crippen molar-refractivity contribution in [2.45, 2.75) is 58.0 Å². The lowest BCUT2D eigenvalue weighted by atomic mass is 9.96. The fourth-order valence-electron chi connectivity index (χ4n) is 5.07. The summed E-state index contributed by atoms with van der Waals surface area (Å²) in [6.07, 6.45) is 4.01. The molecule has 4 rings (SSSR count). The first-order chi connectivity index (χ1) is 16.9. The van der Waals surface area contributed by atoms with Crippen LogP contribution >= 0.6 is 0 Å². The zero-order valence-corrected chi connectivity index (χ0v) is 21.6. The van der Waals surface area contributed by atoms with Crippen LogP contribution < -0.4 is 9.46 Å². The number of nitrogens with zero attached hydrogens (tertiary/aromatic N) is 2. The minimum atomic E-state index is -3.39. The number of carbonyl (C=O) groups is 1. The van der Waals surface area contributed by atoms with Crippen molar-refractivity contribution in [3.8, 4) is 16.9 Å². The molecule has 8 heteroatoms. The number of nitrogens with one attached hydrogen (secondary N) is 1. The first-order valence-corrected chi connectivity index (χ1v) is 14.4. The Balaban J connectivity index is 1.71. The van der Waals surface area contributed by atoms with E-state index in [-0.39, 0.29) is 23.9 Å². The molecule has 0 radical (unpaired) electrons.